The van der Waals surface area contributed by atoms with E-state index < -0.39 is 0 Å². The van der Waals surface area contributed by atoms with Crippen molar-refractivity contribution in [2.75, 3.05) is 7.11 Å². The highest BCUT2D eigenvalue weighted by Crippen LogP contribution is 2.28. The smallest absolute Gasteiger partial charge is 0.216 e. The van der Waals surface area contributed by atoms with Gasteiger partial charge in [-0.25, -0.2) is 0 Å². The summed E-state index contributed by atoms with van der Waals surface area (Å²) >= 11 is 11.2. The molecule has 1 aromatic heterocycles. The molecule has 0 atom stereocenters. The maximum Gasteiger partial charge on any atom is 0.216 e. The summed E-state index contributed by atoms with van der Waals surface area (Å²) in [6.45, 7) is 4.49. The second-order valence-corrected chi connectivity index (χ2v) is 7.25. The summed E-state index contributed by atoms with van der Waals surface area (Å²) < 4.78 is 13.4. The number of hydrogen-bond donors (Lipinski definition) is 1. The van der Waals surface area contributed by atoms with Gasteiger partial charge in [-0.1, -0.05) is 37.6 Å². The fraction of sp³-hybridized carbons (Fsp3) is 0.250. The van der Waals surface area contributed by atoms with Crippen LogP contribution in [0.1, 0.15) is 36.7 Å². The minimum Gasteiger partial charge on any atom is -0.493 e. The zero-order valence-electron chi connectivity index (χ0n) is 15.8. The Balaban J connectivity index is 1.77. The van der Waals surface area contributed by atoms with E-state index in [0.717, 1.165) is 17.0 Å². The topological polar surface area (TPSA) is 64.4 Å². The molecule has 0 aliphatic rings. The average Bonchev–Trinajstić information content (AvgIpc) is 3.07. The van der Waals surface area contributed by atoms with Crippen molar-refractivity contribution >= 4 is 30.0 Å². The van der Waals surface area contributed by atoms with E-state index in [1.165, 1.54) is 0 Å². The second kappa shape index (κ2) is 9.03. The van der Waals surface area contributed by atoms with Crippen LogP contribution in [-0.4, -0.2) is 28.2 Å². The molecule has 0 radical (unpaired) electrons. The van der Waals surface area contributed by atoms with Gasteiger partial charge in [0.25, 0.3) is 0 Å². The van der Waals surface area contributed by atoms with Gasteiger partial charge in [-0.15, -0.1) is 0 Å². The first-order chi connectivity index (χ1) is 13.5. The summed E-state index contributed by atoms with van der Waals surface area (Å²) in [7, 11) is 1.61. The Morgan fingerprint density at radius 1 is 1.21 bits per heavy atom. The number of ether oxygens (including phenoxy) is 2. The normalized spacial score (nSPS) is 11.3. The van der Waals surface area contributed by atoms with Crippen LogP contribution in [0.25, 0.3) is 0 Å². The lowest BCUT2D eigenvalue weighted by Crippen LogP contribution is -2.01. The van der Waals surface area contributed by atoms with Crippen molar-refractivity contribution in [2.45, 2.75) is 26.4 Å². The Hall–Kier alpha value is -2.64. The number of nitrogens with zero attached hydrogens (tertiary/aromatic N) is 3. The largest absolute Gasteiger partial charge is 0.493 e. The van der Waals surface area contributed by atoms with E-state index in [1.807, 2.05) is 56.3 Å². The predicted molar refractivity (Wildman–Crippen MR) is 113 cm³/mol. The van der Waals surface area contributed by atoms with Crippen LogP contribution < -0.4 is 9.47 Å². The van der Waals surface area contributed by atoms with Crippen molar-refractivity contribution in [3.8, 4) is 11.5 Å². The highest BCUT2D eigenvalue weighted by Gasteiger charge is 2.09. The van der Waals surface area contributed by atoms with Gasteiger partial charge in [0, 0.05) is 10.9 Å². The van der Waals surface area contributed by atoms with Gasteiger partial charge < -0.3 is 9.47 Å². The number of methoxy groups -OCH3 is 1. The van der Waals surface area contributed by atoms with Gasteiger partial charge >= 0.3 is 0 Å². The van der Waals surface area contributed by atoms with Gasteiger partial charge in [0.05, 0.1) is 13.3 Å². The van der Waals surface area contributed by atoms with Gasteiger partial charge in [0.15, 0.2) is 17.3 Å². The van der Waals surface area contributed by atoms with Crippen LogP contribution in [0, 0.1) is 4.77 Å². The molecule has 0 aliphatic heterocycles. The zero-order chi connectivity index (χ0) is 20.1. The van der Waals surface area contributed by atoms with Crippen LogP contribution in [0.2, 0.25) is 5.02 Å². The van der Waals surface area contributed by atoms with E-state index >= 15 is 0 Å². The molecule has 1 N–H and O–H groups in total. The molecule has 3 rings (SSSR count). The van der Waals surface area contributed by atoms with E-state index in [2.05, 4.69) is 15.3 Å². The average molecular weight is 417 g/mol. The molecule has 6 nitrogen and oxygen atoms in total. The molecule has 1 heterocycles. The van der Waals surface area contributed by atoms with Crippen LogP contribution in [0.4, 0.5) is 0 Å². The van der Waals surface area contributed by atoms with Gasteiger partial charge in [-0.3, -0.25) is 5.10 Å². The highest BCUT2D eigenvalue weighted by atomic mass is 35.5. The van der Waals surface area contributed by atoms with Crippen LogP contribution >= 0.6 is 23.8 Å². The van der Waals surface area contributed by atoms with E-state index in [-0.39, 0.29) is 5.92 Å². The predicted octanol–water partition coefficient (Wildman–Crippen LogP) is 5.19. The number of aromatic nitrogens is 3. The number of hydrogen-bond acceptors (Lipinski definition) is 5. The molecule has 0 amide bonds. The number of aromatic amines is 1. The number of H-pyrrole nitrogens is 1. The van der Waals surface area contributed by atoms with Crippen molar-refractivity contribution in [2.24, 2.45) is 5.10 Å². The third-order valence-electron chi connectivity index (χ3n) is 4.01. The molecule has 3 aromatic rings. The first kappa shape index (κ1) is 20.1. The Bertz CT molecular complexity index is 1030. The zero-order valence-corrected chi connectivity index (χ0v) is 17.4. The number of rotatable bonds is 7. The van der Waals surface area contributed by atoms with E-state index in [4.69, 9.17) is 33.3 Å². The Morgan fingerprint density at radius 2 is 1.96 bits per heavy atom. The summed E-state index contributed by atoms with van der Waals surface area (Å²) in [4.78, 5) is 0. The first-order valence-corrected chi connectivity index (χ1v) is 9.53. The Labute approximate surface area is 173 Å². The van der Waals surface area contributed by atoms with Crippen LogP contribution in [0.3, 0.4) is 0 Å². The van der Waals surface area contributed by atoms with Gasteiger partial charge in [-0.05, 0) is 53.7 Å². The summed E-state index contributed by atoms with van der Waals surface area (Å²) in [5.74, 6) is 2.24. The molecular formula is C20H21ClN4O2S. The molecule has 8 heteroatoms. The fourth-order valence-electron chi connectivity index (χ4n) is 2.54. The molecule has 0 saturated heterocycles. The molecule has 146 valence electrons. The minimum atomic E-state index is 0.197. The molecule has 2 aromatic carbocycles. The van der Waals surface area contributed by atoms with Crippen molar-refractivity contribution in [3.63, 3.8) is 0 Å². The number of halogens is 1. The van der Waals surface area contributed by atoms with Crippen molar-refractivity contribution in [1.29, 1.82) is 0 Å². The monoisotopic (exact) mass is 416 g/mol. The molecule has 0 saturated carbocycles. The highest BCUT2D eigenvalue weighted by molar-refractivity contribution is 7.71. The standard InChI is InChI=1S/C20H21ClN4O2S/c1-13(2)19-23-24-20(28)25(19)22-11-15-6-9-17(18(10-15)26-3)27-12-14-4-7-16(21)8-5-14/h4-11,13H,12H2,1-3H3,(H,24,28)/b22-11+. The van der Waals surface area contributed by atoms with Crippen LogP contribution in [-0.2, 0) is 6.61 Å². The quantitative estimate of drug-likeness (QED) is 0.425. The van der Waals surface area contributed by atoms with Crippen LogP contribution in [0.15, 0.2) is 47.6 Å². The van der Waals surface area contributed by atoms with Crippen molar-refractivity contribution in [3.05, 3.63) is 69.2 Å². The fourth-order valence-corrected chi connectivity index (χ4v) is 2.85. The number of nitrogens with one attached hydrogen (secondary N) is 1. The lowest BCUT2D eigenvalue weighted by atomic mass is 10.2. The lowest BCUT2D eigenvalue weighted by molar-refractivity contribution is 0.284. The summed E-state index contributed by atoms with van der Waals surface area (Å²) in [6, 6.07) is 13.1. The Morgan fingerprint density at radius 3 is 2.64 bits per heavy atom. The summed E-state index contributed by atoms with van der Waals surface area (Å²) in [5, 5.41) is 12.1. The maximum absolute atomic E-state index is 5.91. The molecule has 0 spiro atoms. The third-order valence-corrected chi connectivity index (χ3v) is 4.53. The lowest BCUT2D eigenvalue weighted by Gasteiger charge is -2.11. The number of benzene rings is 2. The van der Waals surface area contributed by atoms with Gasteiger partial charge in [0.2, 0.25) is 4.77 Å². The first-order valence-electron chi connectivity index (χ1n) is 8.75. The Kier molecular flexibility index (Phi) is 6.49. The summed E-state index contributed by atoms with van der Waals surface area (Å²) in [5.41, 5.74) is 1.88. The molecular weight excluding hydrogens is 396 g/mol. The van der Waals surface area contributed by atoms with Gasteiger partial charge in [0.1, 0.15) is 6.61 Å². The van der Waals surface area contributed by atoms with Crippen molar-refractivity contribution in [1.82, 2.24) is 14.9 Å². The molecule has 0 fully saturated rings. The van der Waals surface area contributed by atoms with E-state index in [9.17, 15) is 0 Å². The molecule has 0 bridgehead atoms. The SMILES string of the molecule is COc1cc(/C=N/n2c(C(C)C)n[nH]c2=S)ccc1OCc1ccc(Cl)cc1. The van der Waals surface area contributed by atoms with Crippen molar-refractivity contribution < 1.29 is 9.47 Å². The van der Waals surface area contributed by atoms with Gasteiger partial charge in [-0.2, -0.15) is 14.9 Å². The molecule has 0 unspecified atom stereocenters. The minimum absolute atomic E-state index is 0.197. The second-order valence-electron chi connectivity index (χ2n) is 6.42. The maximum atomic E-state index is 5.91. The molecule has 0 aliphatic carbocycles. The molecule has 28 heavy (non-hydrogen) atoms. The van der Waals surface area contributed by atoms with E-state index in [1.54, 1.807) is 18.0 Å². The van der Waals surface area contributed by atoms with Crippen LogP contribution in [0.5, 0.6) is 11.5 Å². The van der Waals surface area contributed by atoms with E-state index in [0.29, 0.717) is 27.9 Å². The third kappa shape index (κ3) is 4.79. The summed E-state index contributed by atoms with van der Waals surface area (Å²) in [6.07, 6.45) is 1.71.